The molecule has 2 saturated heterocycles. The van der Waals surface area contributed by atoms with E-state index in [1.807, 2.05) is 0 Å². The molecule has 0 amide bonds. The van der Waals surface area contributed by atoms with Gasteiger partial charge in [0.2, 0.25) is 0 Å². The van der Waals surface area contributed by atoms with Crippen molar-refractivity contribution >= 4 is 5.69 Å². The molecule has 0 radical (unpaired) electrons. The van der Waals surface area contributed by atoms with Gasteiger partial charge in [-0.3, -0.25) is 4.90 Å². The third kappa shape index (κ3) is 6.10. The molecule has 2 aliphatic heterocycles. The SMILES string of the molecule is C(#Cc1ccc(CN2CCN(c3ccccc3)CC2)cc1)CCN1CCCCC1. The third-order valence-corrected chi connectivity index (χ3v) is 6.09. The maximum absolute atomic E-state index is 3.36. The number of anilines is 1. The molecule has 3 heteroatoms. The van der Waals surface area contributed by atoms with Crippen LogP contribution >= 0.6 is 0 Å². The van der Waals surface area contributed by atoms with Gasteiger partial charge in [0, 0.05) is 56.9 Å². The molecule has 0 saturated carbocycles. The van der Waals surface area contributed by atoms with Gasteiger partial charge in [0.1, 0.15) is 0 Å². The fourth-order valence-corrected chi connectivity index (χ4v) is 4.32. The second-order valence-corrected chi connectivity index (χ2v) is 8.25. The summed E-state index contributed by atoms with van der Waals surface area (Å²) in [7, 11) is 0. The standard InChI is InChI=1S/C26H33N3/c1-3-10-26(11-4-1)29-21-19-28(20-22-29)23-25-14-12-24(13-15-25)9-5-8-18-27-16-6-2-7-17-27/h1,3-4,10-15H,2,6-8,16-23H2. The van der Waals surface area contributed by atoms with Crippen molar-refractivity contribution < 1.29 is 0 Å². The molecule has 0 N–H and O–H groups in total. The van der Waals surface area contributed by atoms with E-state index >= 15 is 0 Å². The topological polar surface area (TPSA) is 9.72 Å². The Hall–Kier alpha value is -2.28. The minimum Gasteiger partial charge on any atom is -0.369 e. The lowest BCUT2D eigenvalue weighted by Gasteiger charge is -2.36. The van der Waals surface area contributed by atoms with Gasteiger partial charge in [0.25, 0.3) is 0 Å². The zero-order valence-corrected chi connectivity index (χ0v) is 17.5. The number of likely N-dealkylation sites (tertiary alicyclic amines) is 1. The van der Waals surface area contributed by atoms with Crippen molar-refractivity contribution in [3.05, 3.63) is 65.7 Å². The van der Waals surface area contributed by atoms with E-state index in [4.69, 9.17) is 0 Å². The predicted octanol–water partition coefficient (Wildman–Crippen LogP) is 4.24. The van der Waals surface area contributed by atoms with Gasteiger partial charge in [-0.2, -0.15) is 0 Å². The molecule has 152 valence electrons. The first-order valence-corrected chi connectivity index (χ1v) is 11.2. The molecule has 2 aromatic rings. The third-order valence-electron chi connectivity index (χ3n) is 6.09. The van der Waals surface area contributed by atoms with E-state index in [1.165, 1.54) is 43.6 Å². The number of benzene rings is 2. The van der Waals surface area contributed by atoms with Crippen LogP contribution in [0.4, 0.5) is 5.69 Å². The van der Waals surface area contributed by atoms with Crippen LogP contribution in [0.25, 0.3) is 0 Å². The Balaban J connectivity index is 1.20. The molecule has 4 rings (SSSR count). The first-order valence-electron chi connectivity index (χ1n) is 11.2. The van der Waals surface area contributed by atoms with E-state index in [0.717, 1.165) is 51.3 Å². The van der Waals surface area contributed by atoms with Gasteiger partial charge in [-0.1, -0.05) is 48.6 Å². The lowest BCUT2D eigenvalue weighted by Crippen LogP contribution is -2.45. The van der Waals surface area contributed by atoms with Crippen molar-refractivity contribution in [2.24, 2.45) is 0 Å². The van der Waals surface area contributed by atoms with Gasteiger partial charge in [0.05, 0.1) is 0 Å². The van der Waals surface area contributed by atoms with Gasteiger partial charge < -0.3 is 9.80 Å². The van der Waals surface area contributed by atoms with Crippen LogP contribution in [0.2, 0.25) is 0 Å². The quantitative estimate of drug-likeness (QED) is 0.711. The van der Waals surface area contributed by atoms with Crippen LogP contribution in [0.5, 0.6) is 0 Å². The zero-order chi connectivity index (χ0) is 19.7. The van der Waals surface area contributed by atoms with Crippen molar-refractivity contribution in [1.29, 1.82) is 0 Å². The lowest BCUT2D eigenvalue weighted by atomic mass is 10.1. The van der Waals surface area contributed by atoms with Crippen LogP contribution in [-0.2, 0) is 6.54 Å². The van der Waals surface area contributed by atoms with E-state index in [2.05, 4.69) is 81.1 Å². The first-order chi connectivity index (χ1) is 14.4. The Morgan fingerprint density at radius 1 is 0.690 bits per heavy atom. The van der Waals surface area contributed by atoms with Crippen molar-refractivity contribution in [1.82, 2.24) is 9.80 Å². The van der Waals surface area contributed by atoms with Gasteiger partial charge >= 0.3 is 0 Å². The molecule has 3 nitrogen and oxygen atoms in total. The molecule has 2 fully saturated rings. The van der Waals surface area contributed by atoms with Crippen molar-refractivity contribution in [3.63, 3.8) is 0 Å². The van der Waals surface area contributed by atoms with Crippen LogP contribution in [0.15, 0.2) is 54.6 Å². The fourth-order valence-electron chi connectivity index (χ4n) is 4.32. The molecule has 2 aromatic carbocycles. The molecule has 29 heavy (non-hydrogen) atoms. The average molecular weight is 388 g/mol. The number of rotatable bonds is 5. The Morgan fingerprint density at radius 3 is 2.14 bits per heavy atom. The van der Waals surface area contributed by atoms with Gasteiger partial charge in [-0.25, -0.2) is 0 Å². The zero-order valence-electron chi connectivity index (χ0n) is 17.5. The monoisotopic (exact) mass is 387 g/mol. The molecule has 0 unspecified atom stereocenters. The largest absolute Gasteiger partial charge is 0.369 e. The maximum atomic E-state index is 3.36. The summed E-state index contributed by atoms with van der Waals surface area (Å²) < 4.78 is 0. The Morgan fingerprint density at radius 2 is 1.41 bits per heavy atom. The molecular formula is C26H33N3. The molecule has 0 spiro atoms. The molecule has 0 aliphatic carbocycles. The highest BCUT2D eigenvalue weighted by Gasteiger charge is 2.17. The Kier molecular flexibility index (Phi) is 7.23. The molecule has 0 bridgehead atoms. The van der Waals surface area contributed by atoms with Gasteiger partial charge in [0.15, 0.2) is 0 Å². The molecule has 2 heterocycles. The van der Waals surface area contributed by atoms with Crippen LogP contribution < -0.4 is 4.90 Å². The van der Waals surface area contributed by atoms with Crippen molar-refractivity contribution in [2.45, 2.75) is 32.2 Å². The van der Waals surface area contributed by atoms with E-state index in [-0.39, 0.29) is 0 Å². The van der Waals surface area contributed by atoms with E-state index in [0.29, 0.717) is 0 Å². The van der Waals surface area contributed by atoms with Crippen LogP contribution in [-0.4, -0.2) is 55.6 Å². The summed E-state index contributed by atoms with van der Waals surface area (Å²) in [5, 5.41) is 0. The summed E-state index contributed by atoms with van der Waals surface area (Å²) >= 11 is 0. The fraction of sp³-hybridized carbons (Fsp3) is 0.462. The van der Waals surface area contributed by atoms with Gasteiger partial charge in [-0.15, -0.1) is 0 Å². The highest BCUT2D eigenvalue weighted by atomic mass is 15.3. The van der Waals surface area contributed by atoms with Crippen molar-refractivity contribution in [2.75, 3.05) is 50.7 Å². The second-order valence-electron chi connectivity index (χ2n) is 8.25. The smallest absolute Gasteiger partial charge is 0.0367 e. The average Bonchev–Trinajstić information content (AvgIpc) is 2.80. The minimum absolute atomic E-state index is 0.980. The number of piperazine rings is 1. The normalized spacial score (nSPS) is 18.3. The molecular weight excluding hydrogens is 354 g/mol. The summed E-state index contributed by atoms with van der Waals surface area (Å²) in [6.45, 7) is 9.12. The molecule has 0 atom stereocenters. The lowest BCUT2D eigenvalue weighted by molar-refractivity contribution is 0.234. The summed E-state index contributed by atoms with van der Waals surface area (Å²) in [5.41, 5.74) is 3.87. The summed E-state index contributed by atoms with van der Waals surface area (Å²) in [4.78, 5) is 7.59. The highest BCUT2D eigenvalue weighted by molar-refractivity contribution is 5.46. The van der Waals surface area contributed by atoms with Crippen LogP contribution in [0, 0.1) is 11.8 Å². The number of hydrogen-bond donors (Lipinski definition) is 0. The molecule has 2 aliphatic rings. The maximum Gasteiger partial charge on any atom is 0.0367 e. The molecule has 0 aromatic heterocycles. The number of para-hydroxylation sites is 1. The second kappa shape index (κ2) is 10.5. The Bertz CT molecular complexity index is 789. The van der Waals surface area contributed by atoms with E-state index in [1.54, 1.807) is 0 Å². The van der Waals surface area contributed by atoms with Crippen LogP contribution in [0.1, 0.15) is 36.8 Å². The van der Waals surface area contributed by atoms with Crippen LogP contribution in [0.3, 0.4) is 0 Å². The van der Waals surface area contributed by atoms with Gasteiger partial charge in [-0.05, 0) is 55.8 Å². The van der Waals surface area contributed by atoms with Crippen molar-refractivity contribution in [3.8, 4) is 11.8 Å². The predicted molar refractivity (Wildman–Crippen MR) is 122 cm³/mol. The number of piperidine rings is 1. The van der Waals surface area contributed by atoms with E-state index in [9.17, 15) is 0 Å². The Labute approximate surface area is 176 Å². The number of nitrogens with zero attached hydrogens (tertiary/aromatic N) is 3. The summed E-state index contributed by atoms with van der Waals surface area (Å²) in [5.74, 6) is 6.70. The van der Waals surface area contributed by atoms with E-state index < -0.39 is 0 Å². The number of hydrogen-bond acceptors (Lipinski definition) is 3. The minimum atomic E-state index is 0.980. The highest BCUT2D eigenvalue weighted by Crippen LogP contribution is 2.17. The summed E-state index contributed by atoms with van der Waals surface area (Å²) in [6.07, 6.45) is 5.09. The first kappa shape index (κ1) is 20.0. The summed E-state index contributed by atoms with van der Waals surface area (Å²) in [6, 6.07) is 19.6.